The molecule has 1 aromatic heterocycles. The molecule has 0 unspecified atom stereocenters. The lowest BCUT2D eigenvalue weighted by molar-refractivity contribution is 0.0966. The molecule has 0 aromatic carbocycles. The Labute approximate surface area is 84.5 Å². The minimum Gasteiger partial charge on any atom is -0.356 e. The molecule has 1 N–H and O–H groups in total. The van der Waals surface area contributed by atoms with Crippen molar-refractivity contribution < 1.29 is 4.74 Å². The summed E-state index contributed by atoms with van der Waals surface area (Å²) in [7, 11) is 0. The van der Waals surface area contributed by atoms with Crippen LogP contribution >= 0.6 is 0 Å². The highest BCUT2D eigenvalue weighted by atomic mass is 16.5. The van der Waals surface area contributed by atoms with E-state index < -0.39 is 0 Å². The molecule has 1 aliphatic rings. The van der Waals surface area contributed by atoms with Crippen LogP contribution in [0, 0.1) is 5.92 Å². The molecule has 76 valence electrons. The highest BCUT2D eigenvalue weighted by molar-refractivity contribution is 5.07. The van der Waals surface area contributed by atoms with Crippen LogP contribution in [0.1, 0.15) is 25.8 Å². The third-order valence-electron chi connectivity index (χ3n) is 2.57. The van der Waals surface area contributed by atoms with Gasteiger partial charge in [-0.1, -0.05) is 19.9 Å². The van der Waals surface area contributed by atoms with Gasteiger partial charge < -0.3 is 4.74 Å². The average molecular weight is 192 g/mol. The number of aromatic nitrogens is 1. The van der Waals surface area contributed by atoms with E-state index in [9.17, 15) is 0 Å². The summed E-state index contributed by atoms with van der Waals surface area (Å²) in [5.74, 6) is 0.601. The lowest BCUT2D eigenvalue weighted by Gasteiger charge is -2.14. The molecule has 3 heteroatoms. The Morgan fingerprint density at radius 1 is 1.50 bits per heavy atom. The second kappa shape index (κ2) is 4.07. The maximum absolute atomic E-state index is 5.64. The van der Waals surface area contributed by atoms with Crippen LogP contribution in [-0.2, 0) is 4.74 Å². The Bertz CT molecular complexity index is 287. The van der Waals surface area contributed by atoms with E-state index in [1.807, 2.05) is 18.2 Å². The molecule has 0 amide bonds. The van der Waals surface area contributed by atoms with Gasteiger partial charge in [0.1, 0.15) is 0 Å². The molecule has 0 saturated carbocycles. The van der Waals surface area contributed by atoms with Gasteiger partial charge in [-0.15, -0.1) is 0 Å². The fraction of sp³-hybridized carbons (Fsp3) is 0.545. The van der Waals surface area contributed by atoms with Crippen LogP contribution in [0.25, 0.3) is 0 Å². The third-order valence-corrected chi connectivity index (χ3v) is 2.57. The van der Waals surface area contributed by atoms with Gasteiger partial charge in [0.2, 0.25) is 0 Å². The average Bonchev–Trinajstić information content (AvgIpc) is 2.68. The van der Waals surface area contributed by atoms with E-state index in [4.69, 9.17) is 4.74 Å². The van der Waals surface area contributed by atoms with Crippen molar-refractivity contribution in [2.24, 2.45) is 5.92 Å². The van der Waals surface area contributed by atoms with Gasteiger partial charge in [0.05, 0.1) is 12.3 Å². The zero-order valence-electron chi connectivity index (χ0n) is 8.60. The maximum Gasteiger partial charge on any atom is 0.151 e. The van der Waals surface area contributed by atoms with Gasteiger partial charge in [0.15, 0.2) is 6.23 Å². The molecular weight excluding hydrogens is 176 g/mol. The summed E-state index contributed by atoms with van der Waals surface area (Å²) in [6.07, 6.45) is 1.77. The highest BCUT2D eigenvalue weighted by Gasteiger charge is 2.27. The third kappa shape index (κ3) is 1.94. The van der Waals surface area contributed by atoms with Crippen LogP contribution in [0.15, 0.2) is 24.4 Å². The maximum atomic E-state index is 5.64. The van der Waals surface area contributed by atoms with E-state index >= 15 is 0 Å². The number of rotatable bonds is 2. The number of ether oxygens (including phenoxy) is 1. The van der Waals surface area contributed by atoms with Crippen molar-refractivity contribution in [2.45, 2.75) is 26.1 Å². The van der Waals surface area contributed by atoms with Crippen LogP contribution in [0.2, 0.25) is 0 Å². The topological polar surface area (TPSA) is 34.1 Å². The summed E-state index contributed by atoms with van der Waals surface area (Å²) in [6.45, 7) is 5.17. The summed E-state index contributed by atoms with van der Waals surface area (Å²) in [6, 6.07) is 6.33. The van der Waals surface area contributed by atoms with Gasteiger partial charge >= 0.3 is 0 Å². The standard InChI is InChI=1S/C11H16N2O/c1-8(2)10-7-14-11(13-10)9-5-3-4-6-12-9/h3-6,8,10-11,13H,7H2,1-2H3/t10-,11-/m0/s1. The largest absolute Gasteiger partial charge is 0.356 e. The van der Waals surface area contributed by atoms with E-state index in [2.05, 4.69) is 24.1 Å². The van der Waals surface area contributed by atoms with E-state index in [1.54, 1.807) is 6.20 Å². The van der Waals surface area contributed by atoms with Gasteiger partial charge in [0.25, 0.3) is 0 Å². The second-order valence-corrected chi connectivity index (χ2v) is 3.99. The number of hydrogen-bond acceptors (Lipinski definition) is 3. The molecule has 1 saturated heterocycles. The first-order valence-corrected chi connectivity index (χ1v) is 5.06. The zero-order valence-corrected chi connectivity index (χ0v) is 8.60. The predicted octanol–water partition coefficient (Wildman–Crippen LogP) is 1.72. The molecule has 1 aliphatic heterocycles. The van der Waals surface area contributed by atoms with Crippen LogP contribution in [0.3, 0.4) is 0 Å². The van der Waals surface area contributed by atoms with Crippen molar-refractivity contribution >= 4 is 0 Å². The first-order chi connectivity index (χ1) is 6.77. The van der Waals surface area contributed by atoms with Gasteiger partial charge in [-0.25, -0.2) is 0 Å². The van der Waals surface area contributed by atoms with Crippen molar-refractivity contribution in [1.29, 1.82) is 0 Å². The molecule has 0 spiro atoms. The molecule has 2 heterocycles. The summed E-state index contributed by atoms with van der Waals surface area (Å²) < 4.78 is 5.64. The fourth-order valence-electron chi connectivity index (χ4n) is 1.58. The van der Waals surface area contributed by atoms with Crippen molar-refractivity contribution in [2.75, 3.05) is 6.61 Å². The minimum atomic E-state index is -0.0244. The normalized spacial score (nSPS) is 27.1. The molecule has 0 bridgehead atoms. The Hall–Kier alpha value is -0.930. The molecule has 2 atom stereocenters. The Morgan fingerprint density at radius 2 is 2.36 bits per heavy atom. The van der Waals surface area contributed by atoms with Gasteiger partial charge in [-0.3, -0.25) is 10.3 Å². The lowest BCUT2D eigenvalue weighted by Crippen LogP contribution is -2.30. The van der Waals surface area contributed by atoms with Gasteiger partial charge in [-0.2, -0.15) is 0 Å². The smallest absolute Gasteiger partial charge is 0.151 e. The van der Waals surface area contributed by atoms with Crippen LogP contribution in [-0.4, -0.2) is 17.6 Å². The summed E-state index contributed by atoms with van der Waals surface area (Å²) in [5.41, 5.74) is 0.968. The van der Waals surface area contributed by atoms with E-state index in [0.29, 0.717) is 12.0 Å². The molecule has 1 aromatic rings. The van der Waals surface area contributed by atoms with Crippen LogP contribution in [0.5, 0.6) is 0 Å². The predicted molar refractivity (Wildman–Crippen MR) is 54.7 cm³/mol. The van der Waals surface area contributed by atoms with Crippen molar-refractivity contribution in [3.63, 3.8) is 0 Å². The zero-order chi connectivity index (χ0) is 9.97. The molecule has 2 rings (SSSR count). The van der Waals surface area contributed by atoms with Gasteiger partial charge in [-0.05, 0) is 18.1 Å². The van der Waals surface area contributed by atoms with E-state index in [0.717, 1.165) is 12.3 Å². The second-order valence-electron chi connectivity index (χ2n) is 3.99. The highest BCUT2D eigenvalue weighted by Crippen LogP contribution is 2.21. The number of pyridine rings is 1. The molecule has 0 aliphatic carbocycles. The molecule has 0 radical (unpaired) electrons. The first-order valence-electron chi connectivity index (χ1n) is 5.06. The Morgan fingerprint density at radius 3 is 2.93 bits per heavy atom. The van der Waals surface area contributed by atoms with Crippen molar-refractivity contribution in [3.05, 3.63) is 30.1 Å². The quantitative estimate of drug-likeness (QED) is 0.774. The molecule has 14 heavy (non-hydrogen) atoms. The van der Waals surface area contributed by atoms with Gasteiger partial charge in [0, 0.05) is 12.2 Å². The molecule has 1 fully saturated rings. The lowest BCUT2D eigenvalue weighted by atomic mass is 10.1. The van der Waals surface area contributed by atoms with E-state index in [1.165, 1.54) is 0 Å². The summed E-state index contributed by atoms with van der Waals surface area (Å²) >= 11 is 0. The minimum absolute atomic E-state index is 0.0244. The fourth-order valence-corrected chi connectivity index (χ4v) is 1.58. The SMILES string of the molecule is CC(C)[C@@H]1CO[C@@H](c2ccccn2)N1. The van der Waals surface area contributed by atoms with E-state index in [-0.39, 0.29) is 6.23 Å². The molecule has 3 nitrogen and oxygen atoms in total. The summed E-state index contributed by atoms with van der Waals surface area (Å²) in [4.78, 5) is 4.27. The first kappa shape index (κ1) is 9.62. The number of nitrogens with one attached hydrogen (secondary N) is 1. The number of hydrogen-bond donors (Lipinski definition) is 1. The number of nitrogens with zero attached hydrogens (tertiary/aromatic N) is 1. The molecular formula is C11H16N2O. The summed E-state index contributed by atoms with van der Waals surface area (Å²) in [5, 5.41) is 3.42. The van der Waals surface area contributed by atoms with Crippen molar-refractivity contribution in [1.82, 2.24) is 10.3 Å². The van der Waals surface area contributed by atoms with Crippen molar-refractivity contribution in [3.8, 4) is 0 Å². The van der Waals surface area contributed by atoms with Crippen LogP contribution < -0.4 is 5.32 Å². The van der Waals surface area contributed by atoms with Crippen LogP contribution in [0.4, 0.5) is 0 Å². The Kier molecular flexibility index (Phi) is 2.79. The monoisotopic (exact) mass is 192 g/mol. The Balaban J connectivity index is 2.03.